The highest BCUT2D eigenvalue weighted by Crippen LogP contribution is 2.31. The molecule has 2 aromatic heterocycles. The molecule has 2 heterocycles. The van der Waals surface area contributed by atoms with E-state index in [1.54, 1.807) is 12.1 Å². The van der Waals surface area contributed by atoms with Gasteiger partial charge in [0.25, 0.3) is 5.69 Å². The van der Waals surface area contributed by atoms with E-state index in [0.29, 0.717) is 10.7 Å². The third-order valence-electron chi connectivity index (χ3n) is 4.38. The molecule has 8 nitrogen and oxygen atoms in total. The number of carbonyl (C=O) groups excluding carboxylic acids is 1. The van der Waals surface area contributed by atoms with E-state index in [4.69, 9.17) is 0 Å². The standard InChI is InChI=1S/C21H17N5O3S2/c1-2-19-24-25-21(31-19)23-18(27)12-14(11-13-7-9-15(10-8-13)26(28)29)20-22-16-5-3-4-6-17(16)30-20/h3-11H,2,12H2,1H3,(H,23,25,27). The minimum Gasteiger partial charge on any atom is -0.300 e. The lowest BCUT2D eigenvalue weighted by molar-refractivity contribution is -0.384. The minimum atomic E-state index is -0.442. The van der Waals surface area contributed by atoms with E-state index in [-0.39, 0.29) is 18.0 Å². The van der Waals surface area contributed by atoms with Crippen LogP contribution >= 0.6 is 22.7 Å². The Morgan fingerprint density at radius 1 is 1.13 bits per heavy atom. The van der Waals surface area contributed by atoms with Crippen molar-refractivity contribution in [1.29, 1.82) is 0 Å². The third kappa shape index (κ3) is 4.98. The number of aryl methyl sites for hydroxylation is 1. The molecule has 0 aliphatic rings. The summed E-state index contributed by atoms with van der Waals surface area (Å²) in [5, 5.41) is 23.8. The Morgan fingerprint density at radius 2 is 1.90 bits per heavy atom. The van der Waals surface area contributed by atoms with Crippen LogP contribution in [0.3, 0.4) is 0 Å². The summed E-state index contributed by atoms with van der Waals surface area (Å²) in [6, 6.07) is 13.9. The smallest absolute Gasteiger partial charge is 0.269 e. The van der Waals surface area contributed by atoms with Gasteiger partial charge in [0.05, 0.1) is 21.6 Å². The Hall–Kier alpha value is -3.50. The van der Waals surface area contributed by atoms with Crippen molar-refractivity contribution in [2.75, 3.05) is 5.32 Å². The molecule has 1 amide bonds. The van der Waals surface area contributed by atoms with Crippen LogP contribution in [0.1, 0.15) is 28.9 Å². The number of hydrogen-bond acceptors (Lipinski definition) is 8. The molecule has 10 heteroatoms. The normalized spacial score (nSPS) is 11.6. The van der Waals surface area contributed by atoms with Crippen LogP contribution in [0, 0.1) is 10.1 Å². The summed E-state index contributed by atoms with van der Waals surface area (Å²) in [5.41, 5.74) is 2.33. The first-order valence-electron chi connectivity index (χ1n) is 9.45. The van der Waals surface area contributed by atoms with Crippen LogP contribution in [-0.2, 0) is 11.2 Å². The fourth-order valence-corrected chi connectivity index (χ4v) is 4.55. The predicted molar refractivity (Wildman–Crippen MR) is 123 cm³/mol. The van der Waals surface area contributed by atoms with Gasteiger partial charge >= 0.3 is 0 Å². The number of para-hydroxylation sites is 1. The van der Waals surface area contributed by atoms with Crippen molar-refractivity contribution >= 4 is 61.3 Å². The van der Waals surface area contributed by atoms with Gasteiger partial charge in [0, 0.05) is 12.1 Å². The number of benzene rings is 2. The van der Waals surface area contributed by atoms with Gasteiger partial charge in [-0.05, 0) is 47.9 Å². The lowest BCUT2D eigenvalue weighted by Crippen LogP contribution is -2.11. The van der Waals surface area contributed by atoms with Gasteiger partial charge in [0.15, 0.2) is 0 Å². The maximum Gasteiger partial charge on any atom is 0.269 e. The van der Waals surface area contributed by atoms with E-state index < -0.39 is 4.92 Å². The molecule has 156 valence electrons. The molecule has 0 unspecified atom stereocenters. The number of non-ortho nitro benzene ring substituents is 1. The highest BCUT2D eigenvalue weighted by atomic mass is 32.1. The lowest BCUT2D eigenvalue weighted by atomic mass is 10.1. The highest BCUT2D eigenvalue weighted by Gasteiger charge is 2.15. The second-order valence-corrected chi connectivity index (χ2v) is 8.68. The number of hydrogen-bond donors (Lipinski definition) is 1. The van der Waals surface area contributed by atoms with Crippen molar-refractivity contribution in [3.63, 3.8) is 0 Å². The first kappa shape index (κ1) is 20.8. The predicted octanol–water partition coefficient (Wildman–Crippen LogP) is 5.19. The Balaban J connectivity index is 1.64. The van der Waals surface area contributed by atoms with E-state index in [1.165, 1.54) is 34.8 Å². The van der Waals surface area contributed by atoms with Crippen LogP contribution in [0.25, 0.3) is 21.9 Å². The van der Waals surface area contributed by atoms with Crippen molar-refractivity contribution in [3.05, 3.63) is 74.2 Å². The van der Waals surface area contributed by atoms with Crippen molar-refractivity contribution in [1.82, 2.24) is 15.2 Å². The SMILES string of the molecule is CCc1nnc(NC(=O)CC(=Cc2ccc([N+](=O)[O-])cc2)c2nc3ccccc3s2)s1. The highest BCUT2D eigenvalue weighted by molar-refractivity contribution is 7.19. The van der Waals surface area contributed by atoms with Crippen LogP contribution < -0.4 is 5.32 Å². The van der Waals surface area contributed by atoms with Gasteiger partial charge in [-0.2, -0.15) is 0 Å². The molecule has 31 heavy (non-hydrogen) atoms. The van der Waals surface area contributed by atoms with E-state index in [9.17, 15) is 14.9 Å². The number of nitrogens with one attached hydrogen (secondary N) is 1. The summed E-state index contributed by atoms with van der Waals surface area (Å²) in [6.45, 7) is 1.98. The second kappa shape index (κ2) is 9.11. The van der Waals surface area contributed by atoms with Crippen molar-refractivity contribution in [2.24, 2.45) is 0 Å². The second-order valence-electron chi connectivity index (χ2n) is 6.58. The van der Waals surface area contributed by atoms with Gasteiger partial charge in [-0.25, -0.2) is 4.98 Å². The maximum atomic E-state index is 12.7. The van der Waals surface area contributed by atoms with Gasteiger partial charge in [0.1, 0.15) is 10.0 Å². The Morgan fingerprint density at radius 3 is 2.58 bits per heavy atom. The average Bonchev–Trinajstić information content (AvgIpc) is 3.40. The van der Waals surface area contributed by atoms with Gasteiger partial charge in [-0.3, -0.25) is 14.9 Å². The molecule has 2 aromatic carbocycles. The molecule has 0 saturated carbocycles. The maximum absolute atomic E-state index is 12.7. The largest absolute Gasteiger partial charge is 0.300 e. The molecule has 0 aliphatic heterocycles. The topological polar surface area (TPSA) is 111 Å². The number of rotatable bonds is 7. The van der Waals surface area contributed by atoms with E-state index in [2.05, 4.69) is 20.5 Å². The molecule has 0 saturated heterocycles. The number of thiazole rings is 1. The summed E-state index contributed by atoms with van der Waals surface area (Å²) in [5.74, 6) is -0.230. The van der Waals surface area contributed by atoms with Gasteiger partial charge in [-0.1, -0.05) is 30.4 Å². The van der Waals surface area contributed by atoms with Crippen LogP contribution in [0.15, 0.2) is 48.5 Å². The molecule has 4 aromatic rings. The number of amides is 1. The number of anilines is 1. The van der Waals surface area contributed by atoms with E-state index in [0.717, 1.165) is 32.2 Å². The Kier molecular flexibility index (Phi) is 6.10. The number of aromatic nitrogens is 3. The third-order valence-corrected chi connectivity index (χ3v) is 6.48. The fraction of sp³-hybridized carbons (Fsp3) is 0.143. The number of nitrogens with zero attached hydrogens (tertiary/aromatic N) is 4. The quantitative estimate of drug-likeness (QED) is 0.306. The van der Waals surface area contributed by atoms with Crippen molar-refractivity contribution in [2.45, 2.75) is 19.8 Å². The lowest BCUT2D eigenvalue weighted by Gasteiger charge is -2.05. The van der Waals surface area contributed by atoms with E-state index in [1.807, 2.05) is 37.3 Å². The molecule has 0 fully saturated rings. The zero-order valence-electron chi connectivity index (χ0n) is 16.4. The summed E-state index contributed by atoms with van der Waals surface area (Å²) in [7, 11) is 0. The summed E-state index contributed by atoms with van der Waals surface area (Å²) >= 11 is 2.84. The molecule has 0 radical (unpaired) electrons. The van der Waals surface area contributed by atoms with Crippen LogP contribution in [0.5, 0.6) is 0 Å². The first-order chi connectivity index (χ1) is 15.0. The molecule has 0 spiro atoms. The summed E-state index contributed by atoms with van der Waals surface area (Å²) in [6.07, 6.45) is 2.67. The molecular weight excluding hydrogens is 434 g/mol. The molecule has 4 rings (SSSR count). The minimum absolute atomic E-state index is 0.0134. The van der Waals surface area contributed by atoms with Gasteiger partial charge in [-0.15, -0.1) is 21.5 Å². The first-order valence-corrected chi connectivity index (χ1v) is 11.1. The number of carbonyl (C=O) groups is 1. The molecule has 0 atom stereocenters. The van der Waals surface area contributed by atoms with Crippen LogP contribution in [0.2, 0.25) is 0 Å². The molecular formula is C21H17N5O3S2. The zero-order valence-corrected chi connectivity index (χ0v) is 18.1. The Labute approximate surface area is 185 Å². The molecule has 1 N–H and O–H groups in total. The molecule has 0 bridgehead atoms. The van der Waals surface area contributed by atoms with Gasteiger partial charge in [0.2, 0.25) is 11.0 Å². The van der Waals surface area contributed by atoms with E-state index >= 15 is 0 Å². The summed E-state index contributed by atoms with van der Waals surface area (Å²) in [4.78, 5) is 27.9. The average molecular weight is 452 g/mol. The van der Waals surface area contributed by atoms with Crippen LogP contribution in [0.4, 0.5) is 10.8 Å². The van der Waals surface area contributed by atoms with Gasteiger partial charge < -0.3 is 5.32 Å². The number of fused-ring (bicyclic) bond motifs is 1. The molecule has 0 aliphatic carbocycles. The van der Waals surface area contributed by atoms with Crippen molar-refractivity contribution < 1.29 is 9.72 Å². The Bertz CT molecular complexity index is 1240. The van der Waals surface area contributed by atoms with Crippen LogP contribution in [-0.4, -0.2) is 26.0 Å². The fourth-order valence-electron chi connectivity index (χ4n) is 2.87. The summed E-state index contributed by atoms with van der Waals surface area (Å²) < 4.78 is 1.02. The number of nitro groups is 1. The zero-order chi connectivity index (χ0) is 21.8. The monoisotopic (exact) mass is 451 g/mol. The number of nitro benzene ring substituents is 1. The van der Waals surface area contributed by atoms with Crippen molar-refractivity contribution in [3.8, 4) is 0 Å².